The van der Waals surface area contributed by atoms with E-state index in [1.807, 2.05) is 20.8 Å². The Labute approximate surface area is 150 Å². The molecule has 1 atom stereocenters. The van der Waals surface area contributed by atoms with E-state index in [1.54, 1.807) is 15.6 Å². The molecule has 1 fully saturated rings. The van der Waals surface area contributed by atoms with Crippen molar-refractivity contribution in [2.45, 2.75) is 45.3 Å². The molecule has 26 heavy (non-hydrogen) atoms. The van der Waals surface area contributed by atoms with Crippen LogP contribution in [0.1, 0.15) is 50.1 Å². The zero-order valence-electron chi connectivity index (χ0n) is 15.1. The summed E-state index contributed by atoms with van der Waals surface area (Å²) in [5, 5.41) is 14.0. The predicted molar refractivity (Wildman–Crippen MR) is 95.0 cm³/mol. The van der Waals surface area contributed by atoms with Crippen LogP contribution in [0.3, 0.4) is 0 Å². The van der Waals surface area contributed by atoms with Crippen LogP contribution in [0.2, 0.25) is 0 Å². The number of carboxylic acid groups (broad SMARTS) is 1. The summed E-state index contributed by atoms with van der Waals surface area (Å²) in [5.74, 6) is -1.03. The van der Waals surface area contributed by atoms with E-state index in [0.717, 1.165) is 12.8 Å². The molecule has 9 heteroatoms. The second-order valence-corrected chi connectivity index (χ2v) is 7.41. The number of nitrogen functional groups attached to an aromatic ring is 1. The van der Waals surface area contributed by atoms with E-state index >= 15 is 0 Å². The molecule has 9 nitrogen and oxygen atoms in total. The standard InChI is InChI=1S/C17H23N5O4/c1-17(2,3)26-16(25)21-8-4-5-10(9-21)22-11-6-7-19-14(18)12(11)13(20-22)15(23)24/h6-7,10H,4-5,8-9H2,1-3H3,(H2,18,19)(H,23,24)/t10-/m1/s1. The molecule has 2 aromatic rings. The fourth-order valence-electron chi connectivity index (χ4n) is 3.19. The largest absolute Gasteiger partial charge is 0.476 e. The molecule has 0 bridgehead atoms. The number of nitrogens with two attached hydrogens (primary N) is 1. The van der Waals surface area contributed by atoms with Crippen molar-refractivity contribution >= 4 is 28.8 Å². The molecule has 3 heterocycles. The summed E-state index contributed by atoms with van der Waals surface area (Å²) in [6.07, 6.45) is 2.69. The summed E-state index contributed by atoms with van der Waals surface area (Å²) in [4.78, 5) is 29.5. The van der Waals surface area contributed by atoms with Gasteiger partial charge in [-0.1, -0.05) is 0 Å². The average Bonchev–Trinajstić information content (AvgIpc) is 2.95. The van der Waals surface area contributed by atoms with Crippen molar-refractivity contribution in [2.75, 3.05) is 18.8 Å². The van der Waals surface area contributed by atoms with Crippen LogP contribution in [0.25, 0.3) is 10.9 Å². The van der Waals surface area contributed by atoms with Crippen molar-refractivity contribution in [3.05, 3.63) is 18.0 Å². The molecule has 3 rings (SSSR count). The Balaban J connectivity index is 1.93. The Bertz CT molecular complexity index is 855. The number of hydrogen-bond acceptors (Lipinski definition) is 6. The van der Waals surface area contributed by atoms with Gasteiger partial charge in [0.1, 0.15) is 11.4 Å². The summed E-state index contributed by atoms with van der Waals surface area (Å²) in [5.41, 5.74) is 5.78. The van der Waals surface area contributed by atoms with Gasteiger partial charge in [-0.2, -0.15) is 5.10 Å². The first-order valence-electron chi connectivity index (χ1n) is 8.51. The van der Waals surface area contributed by atoms with Gasteiger partial charge < -0.3 is 20.5 Å². The molecule has 2 aromatic heterocycles. The van der Waals surface area contributed by atoms with E-state index in [2.05, 4.69) is 10.1 Å². The number of pyridine rings is 1. The highest BCUT2D eigenvalue weighted by atomic mass is 16.6. The van der Waals surface area contributed by atoms with Crippen molar-refractivity contribution in [3.8, 4) is 0 Å². The zero-order valence-corrected chi connectivity index (χ0v) is 15.1. The van der Waals surface area contributed by atoms with Gasteiger partial charge >= 0.3 is 12.1 Å². The molecule has 140 valence electrons. The lowest BCUT2D eigenvalue weighted by Gasteiger charge is -2.34. The number of piperidine rings is 1. The molecule has 1 amide bonds. The fraction of sp³-hybridized carbons (Fsp3) is 0.529. The first-order chi connectivity index (χ1) is 12.2. The van der Waals surface area contributed by atoms with Crippen LogP contribution < -0.4 is 5.73 Å². The number of ether oxygens (including phenoxy) is 1. The Morgan fingerprint density at radius 3 is 2.77 bits per heavy atom. The van der Waals surface area contributed by atoms with Crippen molar-refractivity contribution in [1.82, 2.24) is 19.7 Å². The Morgan fingerprint density at radius 1 is 1.38 bits per heavy atom. The van der Waals surface area contributed by atoms with Crippen LogP contribution >= 0.6 is 0 Å². The smallest absolute Gasteiger partial charge is 0.410 e. The normalized spacial score (nSPS) is 18.1. The maximum Gasteiger partial charge on any atom is 0.410 e. The molecule has 0 aliphatic carbocycles. The highest BCUT2D eigenvalue weighted by Crippen LogP contribution is 2.30. The maximum atomic E-state index is 12.4. The molecule has 1 aliphatic rings. The van der Waals surface area contributed by atoms with Crippen molar-refractivity contribution in [1.29, 1.82) is 0 Å². The summed E-state index contributed by atoms with van der Waals surface area (Å²) >= 11 is 0. The van der Waals surface area contributed by atoms with Gasteiger partial charge in [-0.3, -0.25) is 4.68 Å². The lowest BCUT2D eigenvalue weighted by atomic mass is 10.1. The minimum atomic E-state index is -1.16. The number of likely N-dealkylation sites (tertiary alicyclic amines) is 1. The summed E-state index contributed by atoms with van der Waals surface area (Å²) < 4.78 is 7.09. The first-order valence-corrected chi connectivity index (χ1v) is 8.51. The minimum Gasteiger partial charge on any atom is -0.476 e. The molecular formula is C17H23N5O4. The highest BCUT2D eigenvalue weighted by Gasteiger charge is 2.31. The number of hydrogen-bond donors (Lipinski definition) is 2. The number of anilines is 1. The molecular weight excluding hydrogens is 338 g/mol. The number of carbonyl (C=O) groups is 2. The van der Waals surface area contributed by atoms with Crippen molar-refractivity contribution < 1.29 is 19.4 Å². The van der Waals surface area contributed by atoms with Gasteiger partial charge in [-0.15, -0.1) is 0 Å². The summed E-state index contributed by atoms with van der Waals surface area (Å²) in [6, 6.07) is 1.53. The number of amides is 1. The Morgan fingerprint density at radius 2 is 2.12 bits per heavy atom. The molecule has 0 spiro atoms. The number of carboxylic acids is 1. The lowest BCUT2D eigenvalue weighted by Crippen LogP contribution is -2.43. The molecule has 0 radical (unpaired) electrons. The van der Waals surface area contributed by atoms with Crippen LogP contribution in [0, 0.1) is 0 Å². The quantitative estimate of drug-likeness (QED) is 0.841. The van der Waals surface area contributed by atoms with Gasteiger partial charge in [0.2, 0.25) is 0 Å². The molecule has 3 N–H and O–H groups in total. The summed E-state index contributed by atoms with van der Waals surface area (Å²) in [7, 11) is 0. The number of rotatable bonds is 2. The molecule has 0 unspecified atom stereocenters. The van der Waals surface area contributed by atoms with Crippen LogP contribution in [-0.4, -0.2) is 55.5 Å². The third kappa shape index (κ3) is 3.42. The van der Waals surface area contributed by atoms with Crippen molar-refractivity contribution in [3.63, 3.8) is 0 Å². The van der Waals surface area contributed by atoms with Gasteiger partial charge in [0.05, 0.1) is 16.9 Å². The molecule has 1 saturated heterocycles. The third-order valence-electron chi connectivity index (χ3n) is 4.25. The monoisotopic (exact) mass is 361 g/mol. The SMILES string of the molecule is CC(C)(C)OC(=O)N1CCC[C@@H](n2nc(C(=O)O)c3c(N)nccc32)C1. The average molecular weight is 361 g/mol. The summed E-state index contributed by atoms with van der Waals surface area (Å²) in [6.45, 7) is 6.46. The predicted octanol–water partition coefficient (Wildman–Crippen LogP) is 2.28. The maximum absolute atomic E-state index is 12.4. The zero-order chi connectivity index (χ0) is 19.1. The fourth-order valence-corrected chi connectivity index (χ4v) is 3.19. The number of fused-ring (bicyclic) bond motifs is 1. The third-order valence-corrected chi connectivity index (χ3v) is 4.25. The van der Waals surface area contributed by atoms with E-state index in [9.17, 15) is 14.7 Å². The van der Waals surface area contributed by atoms with Crippen LogP contribution in [0.15, 0.2) is 12.3 Å². The van der Waals surface area contributed by atoms with E-state index in [0.29, 0.717) is 24.0 Å². The second kappa shape index (κ2) is 6.47. The van der Waals surface area contributed by atoms with Gasteiger partial charge in [0.25, 0.3) is 0 Å². The Kier molecular flexibility index (Phi) is 4.47. The van der Waals surface area contributed by atoms with Crippen LogP contribution in [0.4, 0.5) is 10.6 Å². The van der Waals surface area contributed by atoms with E-state index in [4.69, 9.17) is 10.5 Å². The second-order valence-electron chi connectivity index (χ2n) is 7.41. The van der Waals surface area contributed by atoms with E-state index in [1.165, 1.54) is 6.20 Å². The number of carbonyl (C=O) groups excluding carboxylic acids is 1. The lowest BCUT2D eigenvalue weighted by molar-refractivity contribution is 0.0168. The minimum absolute atomic E-state index is 0.125. The number of nitrogens with zero attached hydrogens (tertiary/aromatic N) is 4. The molecule has 0 aromatic carbocycles. The highest BCUT2D eigenvalue weighted by molar-refractivity contribution is 6.05. The first kappa shape index (κ1) is 18.0. The number of aromatic nitrogens is 3. The molecule has 1 aliphatic heterocycles. The number of aromatic carboxylic acids is 1. The van der Waals surface area contributed by atoms with Crippen LogP contribution in [0.5, 0.6) is 0 Å². The van der Waals surface area contributed by atoms with E-state index in [-0.39, 0.29) is 23.6 Å². The van der Waals surface area contributed by atoms with Crippen molar-refractivity contribution in [2.24, 2.45) is 0 Å². The van der Waals surface area contributed by atoms with E-state index < -0.39 is 11.6 Å². The van der Waals surface area contributed by atoms with Gasteiger partial charge in [-0.25, -0.2) is 14.6 Å². The Hall–Kier alpha value is -2.84. The van der Waals surface area contributed by atoms with Gasteiger partial charge in [-0.05, 0) is 39.7 Å². The van der Waals surface area contributed by atoms with Gasteiger partial charge in [0.15, 0.2) is 5.69 Å². The van der Waals surface area contributed by atoms with Crippen LogP contribution in [-0.2, 0) is 4.74 Å². The molecule has 0 saturated carbocycles. The van der Waals surface area contributed by atoms with Gasteiger partial charge in [0, 0.05) is 19.3 Å². The topological polar surface area (TPSA) is 124 Å².